The zero-order valence-electron chi connectivity index (χ0n) is 7.42. The molecular formula is C9H16O2. The zero-order chi connectivity index (χ0) is 9.02. The van der Waals surface area contributed by atoms with Crippen LogP contribution in [0, 0.1) is 11.8 Å². The van der Waals surface area contributed by atoms with Crippen molar-refractivity contribution in [3.63, 3.8) is 0 Å². The summed E-state index contributed by atoms with van der Waals surface area (Å²) in [6, 6.07) is 0. The van der Waals surface area contributed by atoms with Crippen LogP contribution in [0.3, 0.4) is 0 Å². The molecule has 0 bridgehead atoms. The van der Waals surface area contributed by atoms with Gasteiger partial charge >= 0.3 is 5.97 Å². The van der Waals surface area contributed by atoms with Crippen LogP contribution in [0.4, 0.5) is 0 Å². The lowest BCUT2D eigenvalue weighted by Gasteiger charge is -2.11. The molecule has 0 rings (SSSR count). The first kappa shape index (κ1) is 10.2. The number of aliphatic carboxylic acids is 1. The van der Waals surface area contributed by atoms with Crippen LogP contribution in [0.25, 0.3) is 0 Å². The zero-order valence-corrected chi connectivity index (χ0v) is 7.42. The average molecular weight is 156 g/mol. The van der Waals surface area contributed by atoms with Crippen LogP contribution in [0.2, 0.25) is 0 Å². The molecule has 0 aromatic carbocycles. The molecule has 0 saturated carbocycles. The van der Waals surface area contributed by atoms with E-state index in [1.54, 1.807) is 6.92 Å². The molecule has 0 amide bonds. The quantitative estimate of drug-likeness (QED) is 0.634. The maximum absolute atomic E-state index is 10.5. The fraction of sp³-hybridized carbons (Fsp3) is 0.667. The molecule has 0 aliphatic carbocycles. The Morgan fingerprint density at radius 2 is 1.91 bits per heavy atom. The standard InChI is InChI=1S/C9H16O2/c1-6(2)5-7(3)8(4)9(10)11/h6,8H,3,5H2,1-2,4H3,(H,10,11). The second-order valence-corrected chi connectivity index (χ2v) is 3.32. The lowest BCUT2D eigenvalue weighted by molar-refractivity contribution is -0.139. The van der Waals surface area contributed by atoms with Gasteiger partial charge in [-0.1, -0.05) is 26.0 Å². The number of carboxylic acids is 1. The molecule has 2 heteroatoms. The highest BCUT2D eigenvalue weighted by molar-refractivity contribution is 5.72. The highest BCUT2D eigenvalue weighted by Crippen LogP contribution is 2.17. The second kappa shape index (κ2) is 4.16. The Labute approximate surface area is 67.9 Å². The van der Waals surface area contributed by atoms with Gasteiger partial charge in [0.15, 0.2) is 0 Å². The molecule has 0 aliphatic heterocycles. The van der Waals surface area contributed by atoms with Gasteiger partial charge in [0.2, 0.25) is 0 Å². The fourth-order valence-electron chi connectivity index (χ4n) is 0.876. The minimum atomic E-state index is -0.782. The molecular weight excluding hydrogens is 140 g/mol. The van der Waals surface area contributed by atoms with Gasteiger partial charge in [0.1, 0.15) is 0 Å². The normalized spacial score (nSPS) is 13.1. The van der Waals surface area contributed by atoms with Gasteiger partial charge in [-0.05, 0) is 19.3 Å². The van der Waals surface area contributed by atoms with Crippen molar-refractivity contribution in [1.29, 1.82) is 0 Å². The molecule has 1 atom stereocenters. The van der Waals surface area contributed by atoms with E-state index in [-0.39, 0.29) is 0 Å². The maximum Gasteiger partial charge on any atom is 0.310 e. The smallest absolute Gasteiger partial charge is 0.310 e. The second-order valence-electron chi connectivity index (χ2n) is 3.32. The molecule has 0 aromatic rings. The Bertz CT molecular complexity index is 159. The highest BCUT2D eigenvalue weighted by Gasteiger charge is 2.14. The minimum Gasteiger partial charge on any atom is -0.481 e. The van der Waals surface area contributed by atoms with Crippen molar-refractivity contribution >= 4 is 5.97 Å². The average Bonchev–Trinajstić information content (AvgIpc) is 1.84. The molecule has 2 nitrogen and oxygen atoms in total. The van der Waals surface area contributed by atoms with Crippen molar-refractivity contribution in [2.24, 2.45) is 11.8 Å². The largest absolute Gasteiger partial charge is 0.481 e. The Kier molecular flexibility index (Phi) is 3.86. The van der Waals surface area contributed by atoms with Gasteiger partial charge in [-0.2, -0.15) is 0 Å². The molecule has 0 fully saturated rings. The Balaban J connectivity index is 3.93. The predicted octanol–water partition coefficient (Wildman–Crippen LogP) is 2.31. The molecule has 1 N–H and O–H groups in total. The third kappa shape index (κ3) is 3.81. The first-order chi connectivity index (χ1) is 4.95. The van der Waals surface area contributed by atoms with Gasteiger partial charge < -0.3 is 5.11 Å². The summed E-state index contributed by atoms with van der Waals surface area (Å²) in [6.07, 6.45) is 0.799. The van der Waals surface area contributed by atoms with Crippen molar-refractivity contribution in [3.05, 3.63) is 12.2 Å². The predicted molar refractivity (Wildman–Crippen MR) is 45.4 cm³/mol. The van der Waals surface area contributed by atoms with E-state index in [4.69, 9.17) is 5.11 Å². The van der Waals surface area contributed by atoms with E-state index in [0.717, 1.165) is 12.0 Å². The summed E-state index contributed by atoms with van der Waals surface area (Å²) in [4.78, 5) is 10.5. The van der Waals surface area contributed by atoms with E-state index in [1.807, 2.05) is 0 Å². The van der Waals surface area contributed by atoms with E-state index in [2.05, 4.69) is 20.4 Å². The molecule has 0 saturated heterocycles. The number of hydrogen-bond acceptors (Lipinski definition) is 1. The summed E-state index contributed by atoms with van der Waals surface area (Å²) in [5, 5.41) is 8.60. The van der Waals surface area contributed by atoms with Crippen molar-refractivity contribution in [1.82, 2.24) is 0 Å². The summed E-state index contributed by atoms with van der Waals surface area (Å²) in [5.41, 5.74) is 0.813. The maximum atomic E-state index is 10.5. The fourth-order valence-corrected chi connectivity index (χ4v) is 0.876. The highest BCUT2D eigenvalue weighted by atomic mass is 16.4. The van der Waals surface area contributed by atoms with Gasteiger partial charge in [-0.25, -0.2) is 0 Å². The van der Waals surface area contributed by atoms with Crippen LogP contribution in [-0.2, 0) is 4.79 Å². The van der Waals surface area contributed by atoms with Crippen LogP contribution in [0.15, 0.2) is 12.2 Å². The molecule has 0 heterocycles. The third-order valence-corrected chi connectivity index (χ3v) is 1.65. The minimum absolute atomic E-state index is 0.405. The molecule has 0 spiro atoms. The van der Waals surface area contributed by atoms with E-state index < -0.39 is 11.9 Å². The van der Waals surface area contributed by atoms with E-state index in [1.165, 1.54) is 0 Å². The van der Waals surface area contributed by atoms with E-state index in [0.29, 0.717) is 5.92 Å². The number of carboxylic acid groups (broad SMARTS) is 1. The Morgan fingerprint density at radius 3 is 2.18 bits per heavy atom. The van der Waals surface area contributed by atoms with Gasteiger partial charge in [-0.3, -0.25) is 4.79 Å². The molecule has 11 heavy (non-hydrogen) atoms. The van der Waals surface area contributed by atoms with Crippen LogP contribution < -0.4 is 0 Å². The molecule has 64 valence electrons. The van der Waals surface area contributed by atoms with E-state index >= 15 is 0 Å². The summed E-state index contributed by atoms with van der Waals surface area (Å²) in [6.45, 7) is 9.52. The van der Waals surface area contributed by atoms with Crippen LogP contribution >= 0.6 is 0 Å². The van der Waals surface area contributed by atoms with Gasteiger partial charge in [0, 0.05) is 0 Å². The van der Waals surface area contributed by atoms with Gasteiger partial charge in [0.25, 0.3) is 0 Å². The number of carbonyl (C=O) groups is 1. The van der Waals surface area contributed by atoms with Crippen molar-refractivity contribution in [2.75, 3.05) is 0 Å². The van der Waals surface area contributed by atoms with Crippen LogP contribution in [0.5, 0.6) is 0 Å². The van der Waals surface area contributed by atoms with Crippen molar-refractivity contribution < 1.29 is 9.90 Å². The van der Waals surface area contributed by atoms with Gasteiger partial charge in [-0.15, -0.1) is 0 Å². The molecule has 1 unspecified atom stereocenters. The van der Waals surface area contributed by atoms with Gasteiger partial charge in [0.05, 0.1) is 5.92 Å². The summed E-state index contributed by atoms with van der Waals surface area (Å²) < 4.78 is 0. The first-order valence-electron chi connectivity index (χ1n) is 3.85. The Morgan fingerprint density at radius 1 is 1.45 bits per heavy atom. The van der Waals surface area contributed by atoms with Crippen molar-refractivity contribution in [2.45, 2.75) is 27.2 Å². The van der Waals surface area contributed by atoms with Crippen LogP contribution in [0.1, 0.15) is 27.2 Å². The lowest BCUT2D eigenvalue weighted by atomic mass is 9.94. The molecule has 0 aromatic heterocycles. The lowest BCUT2D eigenvalue weighted by Crippen LogP contribution is -2.12. The SMILES string of the molecule is C=C(CC(C)C)C(C)C(=O)O. The van der Waals surface area contributed by atoms with E-state index in [9.17, 15) is 4.79 Å². The summed E-state index contributed by atoms with van der Waals surface area (Å²) in [5.74, 6) is -0.697. The summed E-state index contributed by atoms with van der Waals surface area (Å²) >= 11 is 0. The summed E-state index contributed by atoms with van der Waals surface area (Å²) in [7, 11) is 0. The number of hydrogen-bond donors (Lipinski definition) is 1. The van der Waals surface area contributed by atoms with Crippen molar-refractivity contribution in [3.8, 4) is 0 Å². The first-order valence-corrected chi connectivity index (χ1v) is 3.85. The van der Waals surface area contributed by atoms with Crippen LogP contribution in [-0.4, -0.2) is 11.1 Å². The third-order valence-electron chi connectivity index (χ3n) is 1.65. The Hall–Kier alpha value is -0.790. The monoisotopic (exact) mass is 156 g/mol. The molecule has 0 aliphatic rings. The topological polar surface area (TPSA) is 37.3 Å². The molecule has 0 radical (unpaired) electrons. The number of rotatable bonds is 4.